The Labute approximate surface area is 124 Å². The maximum absolute atomic E-state index is 13.4. The standard InChI is InChI=1S/C15H11F2N3O2/c16-10-3-6-13(12(17)7-10)21-8-14-19-15(20-22-14)9-1-4-11(18)5-2-9/h1-7H,8,18H2. The largest absolute Gasteiger partial charge is 0.481 e. The van der Waals surface area contributed by atoms with Crippen molar-refractivity contribution in [2.75, 3.05) is 5.73 Å². The number of hydrogen-bond acceptors (Lipinski definition) is 5. The molecule has 0 radical (unpaired) electrons. The fourth-order valence-electron chi connectivity index (χ4n) is 1.79. The van der Waals surface area contributed by atoms with Crippen LogP contribution in [-0.2, 0) is 6.61 Å². The number of rotatable bonds is 4. The summed E-state index contributed by atoms with van der Waals surface area (Å²) in [6.45, 7) is -0.121. The molecule has 0 amide bonds. The van der Waals surface area contributed by atoms with E-state index in [4.69, 9.17) is 15.0 Å². The number of nitrogens with two attached hydrogens (primary N) is 1. The number of ether oxygens (including phenoxy) is 1. The van der Waals surface area contributed by atoms with Crippen LogP contribution in [0.5, 0.6) is 5.75 Å². The van der Waals surface area contributed by atoms with E-state index in [1.165, 1.54) is 6.07 Å². The molecule has 3 aromatic rings. The van der Waals surface area contributed by atoms with Gasteiger partial charge in [0.25, 0.3) is 5.89 Å². The summed E-state index contributed by atoms with van der Waals surface area (Å²) in [6, 6.07) is 9.98. The van der Waals surface area contributed by atoms with E-state index < -0.39 is 11.6 Å². The highest BCUT2D eigenvalue weighted by Crippen LogP contribution is 2.20. The van der Waals surface area contributed by atoms with Gasteiger partial charge in [0.1, 0.15) is 5.82 Å². The van der Waals surface area contributed by atoms with E-state index in [1.54, 1.807) is 24.3 Å². The van der Waals surface area contributed by atoms with E-state index in [-0.39, 0.29) is 18.2 Å². The van der Waals surface area contributed by atoms with Crippen molar-refractivity contribution in [2.24, 2.45) is 0 Å². The monoisotopic (exact) mass is 303 g/mol. The van der Waals surface area contributed by atoms with Crippen LogP contribution in [0, 0.1) is 11.6 Å². The van der Waals surface area contributed by atoms with Crippen molar-refractivity contribution in [3.63, 3.8) is 0 Å². The van der Waals surface area contributed by atoms with Crippen LogP contribution in [0.4, 0.5) is 14.5 Å². The predicted octanol–water partition coefficient (Wildman–Crippen LogP) is 3.18. The minimum Gasteiger partial charge on any atom is -0.481 e. The molecule has 5 nitrogen and oxygen atoms in total. The average molecular weight is 303 g/mol. The van der Waals surface area contributed by atoms with Crippen molar-refractivity contribution in [2.45, 2.75) is 6.61 Å². The van der Waals surface area contributed by atoms with Gasteiger partial charge < -0.3 is 15.0 Å². The minimum absolute atomic E-state index is 0.0892. The summed E-state index contributed by atoms with van der Waals surface area (Å²) in [5.41, 5.74) is 6.96. The molecule has 7 heteroatoms. The highest BCUT2D eigenvalue weighted by molar-refractivity contribution is 5.57. The van der Waals surface area contributed by atoms with E-state index in [2.05, 4.69) is 10.1 Å². The van der Waals surface area contributed by atoms with E-state index in [0.29, 0.717) is 11.5 Å². The first kappa shape index (κ1) is 14.0. The Morgan fingerprint density at radius 2 is 1.86 bits per heavy atom. The lowest BCUT2D eigenvalue weighted by molar-refractivity contribution is 0.234. The number of anilines is 1. The minimum atomic E-state index is -0.793. The van der Waals surface area contributed by atoms with Gasteiger partial charge in [-0.05, 0) is 36.4 Å². The molecule has 0 aliphatic rings. The smallest absolute Gasteiger partial charge is 0.264 e. The zero-order valence-electron chi connectivity index (χ0n) is 11.3. The van der Waals surface area contributed by atoms with Crippen LogP contribution < -0.4 is 10.5 Å². The first-order chi connectivity index (χ1) is 10.6. The van der Waals surface area contributed by atoms with Gasteiger partial charge >= 0.3 is 0 Å². The van der Waals surface area contributed by atoms with Crippen molar-refractivity contribution >= 4 is 5.69 Å². The third-order valence-corrected chi connectivity index (χ3v) is 2.88. The van der Waals surface area contributed by atoms with Crippen LogP contribution in [0.25, 0.3) is 11.4 Å². The highest BCUT2D eigenvalue weighted by Gasteiger charge is 2.11. The lowest BCUT2D eigenvalue weighted by atomic mass is 10.2. The average Bonchev–Trinajstić information content (AvgIpc) is 2.96. The van der Waals surface area contributed by atoms with Crippen molar-refractivity contribution in [1.29, 1.82) is 0 Å². The molecule has 3 rings (SSSR count). The van der Waals surface area contributed by atoms with Crippen LogP contribution in [0.3, 0.4) is 0 Å². The number of hydrogen-bond donors (Lipinski definition) is 1. The summed E-state index contributed by atoms with van der Waals surface area (Å²) in [5, 5.41) is 3.80. The molecule has 0 spiro atoms. The maximum Gasteiger partial charge on any atom is 0.264 e. The van der Waals surface area contributed by atoms with Gasteiger partial charge in [-0.1, -0.05) is 5.16 Å². The number of halogens is 2. The lowest BCUT2D eigenvalue weighted by Gasteiger charge is -2.03. The Bertz CT molecular complexity index is 788. The van der Waals surface area contributed by atoms with Crippen LogP contribution in [0.2, 0.25) is 0 Å². The Hall–Kier alpha value is -2.96. The van der Waals surface area contributed by atoms with Gasteiger partial charge in [0.2, 0.25) is 5.82 Å². The molecule has 1 heterocycles. The number of nitrogen functional groups attached to an aromatic ring is 1. The Morgan fingerprint density at radius 3 is 2.59 bits per heavy atom. The fourth-order valence-corrected chi connectivity index (χ4v) is 1.79. The Kier molecular flexibility index (Phi) is 3.69. The van der Waals surface area contributed by atoms with Crippen LogP contribution >= 0.6 is 0 Å². The summed E-state index contributed by atoms with van der Waals surface area (Å²) < 4.78 is 36.4. The van der Waals surface area contributed by atoms with Gasteiger partial charge in [0.15, 0.2) is 18.2 Å². The van der Waals surface area contributed by atoms with Gasteiger partial charge in [-0.3, -0.25) is 0 Å². The first-order valence-corrected chi connectivity index (χ1v) is 6.38. The summed E-state index contributed by atoms with van der Waals surface area (Å²) >= 11 is 0. The normalized spacial score (nSPS) is 10.6. The molecule has 0 fully saturated rings. The van der Waals surface area contributed by atoms with Crippen molar-refractivity contribution < 1.29 is 18.0 Å². The lowest BCUT2D eigenvalue weighted by Crippen LogP contribution is -1.98. The second kappa shape index (κ2) is 5.80. The molecule has 112 valence electrons. The number of aromatic nitrogens is 2. The molecule has 2 N–H and O–H groups in total. The zero-order valence-corrected chi connectivity index (χ0v) is 11.3. The fraction of sp³-hybridized carbons (Fsp3) is 0.0667. The number of benzene rings is 2. The van der Waals surface area contributed by atoms with Crippen LogP contribution in [0.1, 0.15) is 5.89 Å². The molecule has 0 saturated heterocycles. The molecule has 0 unspecified atom stereocenters. The molecule has 0 bridgehead atoms. The molecule has 2 aromatic carbocycles. The molecule has 22 heavy (non-hydrogen) atoms. The molecule has 0 saturated carbocycles. The molecular weight excluding hydrogens is 292 g/mol. The molecule has 0 aliphatic heterocycles. The maximum atomic E-state index is 13.4. The summed E-state index contributed by atoms with van der Waals surface area (Å²) in [5.74, 6) is -1.01. The molecule has 0 atom stereocenters. The molecule has 1 aromatic heterocycles. The SMILES string of the molecule is Nc1ccc(-c2noc(COc3ccc(F)cc3F)n2)cc1. The zero-order chi connectivity index (χ0) is 15.5. The third-order valence-electron chi connectivity index (χ3n) is 2.88. The predicted molar refractivity (Wildman–Crippen MR) is 74.8 cm³/mol. The van der Waals surface area contributed by atoms with Gasteiger partial charge in [-0.25, -0.2) is 8.78 Å². The van der Waals surface area contributed by atoms with Gasteiger partial charge in [0.05, 0.1) is 0 Å². The number of nitrogens with zero attached hydrogens (tertiary/aromatic N) is 2. The van der Waals surface area contributed by atoms with Crippen LogP contribution in [0.15, 0.2) is 47.0 Å². The second-order valence-corrected chi connectivity index (χ2v) is 4.50. The first-order valence-electron chi connectivity index (χ1n) is 6.38. The van der Waals surface area contributed by atoms with E-state index in [0.717, 1.165) is 17.7 Å². The van der Waals surface area contributed by atoms with E-state index in [1.807, 2.05) is 0 Å². The van der Waals surface area contributed by atoms with Crippen LogP contribution in [-0.4, -0.2) is 10.1 Å². The van der Waals surface area contributed by atoms with Gasteiger partial charge in [0, 0.05) is 17.3 Å². The highest BCUT2D eigenvalue weighted by atomic mass is 19.1. The molecule has 0 aliphatic carbocycles. The third kappa shape index (κ3) is 3.03. The van der Waals surface area contributed by atoms with Crippen molar-refractivity contribution in [3.05, 3.63) is 60.0 Å². The Balaban J connectivity index is 1.70. The topological polar surface area (TPSA) is 74.2 Å². The Morgan fingerprint density at radius 1 is 1.09 bits per heavy atom. The quantitative estimate of drug-likeness (QED) is 0.749. The van der Waals surface area contributed by atoms with E-state index in [9.17, 15) is 8.78 Å². The van der Waals surface area contributed by atoms with E-state index >= 15 is 0 Å². The van der Waals surface area contributed by atoms with Gasteiger partial charge in [-0.2, -0.15) is 4.98 Å². The van der Waals surface area contributed by atoms with Crippen molar-refractivity contribution in [1.82, 2.24) is 10.1 Å². The summed E-state index contributed by atoms with van der Waals surface area (Å²) in [7, 11) is 0. The summed E-state index contributed by atoms with van der Waals surface area (Å²) in [6.07, 6.45) is 0. The van der Waals surface area contributed by atoms with Crippen molar-refractivity contribution in [3.8, 4) is 17.1 Å². The molecular formula is C15H11F2N3O2. The summed E-state index contributed by atoms with van der Waals surface area (Å²) in [4.78, 5) is 4.13. The van der Waals surface area contributed by atoms with Gasteiger partial charge in [-0.15, -0.1) is 0 Å². The second-order valence-electron chi connectivity index (χ2n) is 4.50.